The van der Waals surface area contributed by atoms with Crippen LogP contribution in [0.2, 0.25) is 5.02 Å². The topological polar surface area (TPSA) is 63.2 Å². The molecule has 148 valence electrons. The molecule has 7 heteroatoms. The predicted octanol–water partition coefficient (Wildman–Crippen LogP) is 4.65. The molecule has 4 rings (SSSR count). The number of carbonyl (C=O) groups is 1. The zero-order chi connectivity index (χ0) is 19.5. The number of amides is 1. The molecule has 1 aromatic heterocycles. The maximum Gasteiger partial charge on any atom is 0.253 e. The van der Waals surface area contributed by atoms with E-state index in [1.807, 2.05) is 6.07 Å². The van der Waals surface area contributed by atoms with Crippen LogP contribution in [0.3, 0.4) is 0 Å². The molecular formula is C21H23ClFN3O2. The maximum absolute atomic E-state index is 13.2. The lowest BCUT2D eigenvalue weighted by molar-refractivity contribution is 0.0642. The standard InChI is InChI=1S/C21H23ClFN3O2/c22-18-9-15(23)3-4-19(18)26-20-10-16(14-1-2-14)17(12-24-20)21(27)25-11-13-5-7-28-8-6-13/h3-4,9-10,12-14H,1-2,5-8,11H2,(H,24,26)(H,25,27). The molecule has 1 saturated carbocycles. The highest BCUT2D eigenvalue weighted by molar-refractivity contribution is 6.33. The molecule has 1 aliphatic carbocycles. The van der Waals surface area contributed by atoms with Gasteiger partial charge in [0.1, 0.15) is 11.6 Å². The van der Waals surface area contributed by atoms with Crippen LogP contribution in [-0.4, -0.2) is 30.6 Å². The van der Waals surface area contributed by atoms with E-state index in [0.29, 0.717) is 35.4 Å². The second-order valence-corrected chi connectivity index (χ2v) is 7.85. The van der Waals surface area contributed by atoms with Crippen LogP contribution in [0, 0.1) is 11.7 Å². The minimum Gasteiger partial charge on any atom is -0.381 e. The van der Waals surface area contributed by atoms with Gasteiger partial charge in [0.05, 0.1) is 16.3 Å². The first-order chi connectivity index (χ1) is 13.6. The summed E-state index contributed by atoms with van der Waals surface area (Å²) in [6.45, 7) is 2.20. The summed E-state index contributed by atoms with van der Waals surface area (Å²) in [7, 11) is 0. The summed E-state index contributed by atoms with van der Waals surface area (Å²) in [6, 6.07) is 6.07. The molecular weight excluding hydrogens is 381 g/mol. The number of rotatable bonds is 6. The van der Waals surface area contributed by atoms with Gasteiger partial charge < -0.3 is 15.4 Å². The van der Waals surface area contributed by atoms with E-state index in [1.165, 1.54) is 12.1 Å². The fraction of sp³-hybridized carbons (Fsp3) is 0.429. The molecule has 1 aromatic carbocycles. The Morgan fingerprint density at radius 3 is 2.71 bits per heavy atom. The van der Waals surface area contributed by atoms with Crippen molar-refractivity contribution >= 4 is 29.0 Å². The smallest absolute Gasteiger partial charge is 0.253 e. The van der Waals surface area contributed by atoms with Crippen molar-refractivity contribution in [2.45, 2.75) is 31.6 Å². The minimum atomic E-state index is -0.390. The number of carbonyl (C=O) groups excluding carboxylic acids is 1. The highest BCUT2D eigenvalue weighted by atomic mass is 35.5. The van der Waals surface area contributed by atoms with E-state index in [9.17, 15) is 9.18 Å². The molecule has 2 fully saturated rings. The van der Waals surface area contributed by atoms with Crippen molar-refractivity contribution in [1.82, 2.24) is 10.3 Å². The summed E-state index contributed by atoms with van der Waals surface area (Å²) < 4.78 is 18.6. The lowest BCUT2D eigenvalue weighted by Gasteiger charge is -2.22. The Bertz CT molecular complexity index is 867. The van der Waals surface area contributed by atoms with Crippen LogP contribution in [0.5, 0.6) is 0 Å². The largest absolute Gasteiger partial charge is 0.381 e. The second-order valence-electron chi connectivity index (χ2n) is 7.45. The summed E-state index contributed by atoms with van der Waals surface area (Å²) in [5, 5.41) is 6.46. The summed E-state index contributed by atoms with van der Waals surface area (Å²) in [6.07, 6.45) is 5.72. The number of ether oxygens (including phenoxy) is 1. The van der Waals surface area contributed by atoms with Crippen LogP contribution in [0.25, 0.3) is 0 Å². The summed E-state index contributed by atoms with van der Waals surface area (Å²) in [5.74, 6) is 0.982. The number of aromatic nitrogens is 1. The molecule has 0 bridgehead atoms. The average molecular weight is 404 g/mol. The fourth-order valence-electron chi connectivity index (χ4n) is 3.47. The first kappa shape index (κ1) is 19.2. The third-order valence-corrected chi connectivity index (χ3v) is 5.60. The van der Waals surface area contributed by atoms with Gasteiger partial charge in [-0.1, -0.05) is 11.6 Å². The lowest BCUT2D eigenvalue weighted by Crippen LogP contribution is -2.32. The van der Waals surface area contributed by atoms with Crippen LogP contribution >= 0.6 is 11.6 Å². The molecule has 0 unspecified atom stereocenters. The van der Waals surface area contributed by atoms with E-state index in [2.05, 4.69) is 15.6 Å². The second kappa shape index (κ2) is 8.45. The molecule has 28 heavy (non-hydrogen) atoms. The molecule has 0 spiro atoms. The van der Waals surface area contributed by atoms with Gasteiger partial charge in [-0.3, -0.25) is 4.79 Å². The number of benzene rings is 1. The Hall–Kier alpha value is -2.18. The molecule has 0 atom stereocenters. The van der Waals surface area contributed by atoms with Gasteiger partial charge in [0, 0.05) is 26.0 Å². The molecule has 2 heterocycles. The molecule has 2 N–H and O–H groups in total. The Labute approximate surface area is 168 Å². The molecule has 2 aromatic rings. The Morgan fingerprint density at radius 1 is 1.21 bits per heavy atom. The van der Waals surface area contributed by atoms with Crippen LogP contribution in [-0.2, 0) is 4.74 Å². The van der Waals surface area contributed by atoms with E-state index < -0.39 is 5.82 Å². The number of halogens is 2. The number of pyridine rings is 1. The number of anilines is 2. The third kappa shape index (κ3) is 4.62. The van der Waals surface area contributed by atoms with E-state index in [-0.39, 0.29) is 10.9 Å². The SMILES string of the molecule is O=C(NCC1CCOCC1)c1cnc(Nc2ccc(F)cc2Cl)cc1C1CC1. The van der Waals surface area contributed by atoms with Crippen molar-refractivity contribution in [3.8, 4) is 0 Å². The number of nitrogens with zero attached hydrogens (tertiary/aromatic N) is 1. The minimum absolute atomic E-state index is 0.0766. The molecule has 1 saturated heterocycles. The molecule has 0 radical (unpaired) electrons. The first-order valence-electron chi connectivity index (χ1n) is 9.68. The highest BCUT2D eigenvalue weighted by Crippen LogP contribution is 2.42. The van der Waals surface area contributed by atoms with Gasteiger partial charge in [-0.2, -0.15) is 0 Å². The molecule has 1 aliphatic heterocycles. The molecule has 2 aliphatic rings. The van der Waals surface area contributed by atoms with Gasteiger partial charge in [-0.25, -0.2) is 9.37 Å². The summed E-state index contributed by atoms with van der Waals surface area (Å²) >= 11 is 6.09. The van der Waals surface area contributed by atoms with Crippen molar-refractivity contribution in [2.75, 3.05) is 25.1 Å². The predicted molar refractivity (Wildman–Crippen MR) is 107 cm³/mol. The Balaban J connectivity index is 1.48. The molecule has 1 amide bonds. The number of hydrogen-bond acceptors (Lipinski definition) is 4. The third-order valence-electron chi connectivity index (χ3n) is 5.28. The summed E-state index contributed by atoms with van der Waals surface area (Å²) in [5.41, 5.74) is 2.21. The zero-order valence-corrected chi connectivity index (χ0v) is 16.3. The van der Waals surface area contributed by atoms with Crippen molar-refractivity contribution in [2.24, 2.45) is 5.92 Å². The van der Waals surface area contributed by atoms with Gasteiger partial charge in [0.25, 0.3) is 5.91 Å². The van der Waals surface area contributed by atoms with E-state index in [4.69, 9.17) is 16.3 Å². The Morgan fingerprint density at radius 2 is 2.00 bits per heavy atom. The van der Waals surface area contributed by atoms with Crippen molar-refractivity contribution in [1.29, 1.82) is 0 Å². The van der Waals surface area contributed by atoms with Gasteiger partial charge >= 0.3 is 0 Å². The van der Waals surface area contributed by atoms with Crippen LogP contribution in [0.1, 0.15) is 47.5 Å². The number of nitrogens with one attached hydrogen (secondary N) is 2. The highest BCUT2D eigenvalue weighted by Gasteiger charge is 2.29. The number of hydrogen-bond donors (Lipinski definition) is 2. The van der Waals surface area contributed by atoms with E-state index in [0.717, 1.165) is 44.5 Å². The Kier molecular flexibility index (Phi) is 5.78. The van der Waals surface area contributed by atoms with E-state index in [1.54, 1.807) is 12.3 Å². The maximum atomic E-state index is 13.2. The van der Waals surface area contributed by atoms with Crippen LogP contribution < -0.4 is 10.6 Å². The molecule has 5 nitrogen and oxygen atoms in total. The van der Waals surface area contributed by atoms with E-state index >= 15 is 0 Å². The fourth-order valence-corrected chi connectivity index (χ4v) is 3.69. The quantitative estimate of drug-likeness (QED) is 0.736. The van der Waals surface area contributed by atoms with Crippen molar-refractivity contribution < 1.29 is 13.9 Å². The average Bonchev–Trinajstić information content (AvgIpc) is 3.54. The van der Waals surface area contributed by atoms with Gasteiger partial charge in [-0.15, -0.1) is 0 Å². The van der Waals surface area contributed by atoms with Crippen molar-refractivity contribution in [3.05, 3.63) is 52.4 Å². The summed E-state index contributed by atoms with van der Waals surface area (Å²) in [4.78, 5) is 17.1. The van der Waals surface area contributed by atoms with Gasteiger partial charge in [0.15, 0.2) is 0 Å². The van der Waals surface area contributed by atoms with Gasteiger partial charge in [-0.05, 0) is 67.3 Å². The monoisotopic (exact) mass is 403 g/mol. The van der Waals surface area contributed by atoms with Crippen LogP contribution in [0.15, 0.2) is 30.5 Å². The van der Waals surface area contributed by atoms with Gasteiger partial charge in [0.2, 0.25) is 0 Å². The lowest BCUT2D eigenvalue weighted by atomic mass is 10.00. The van der Waals surface area contributed by atoms with Crippen molar-refractivity contribution in [3.63, 3.8) is 0 Å². The zero-order valence-electron chi connectivity index (χ0n) is 15.5. The van der Waals surface area contributed by atoms with Crippen LogP contribution in [0.4, 0.5) is 15.9 Å². The normalized spacial score (nSPS) is 17.4. The first-order valence-corrected chi connectivity index (χ1v) is 10.1.